The maximum Gasteiger partial charge on any atom is 0.258 e. The van der Waals surface area contributed by atoms with Crippen molar-refractivity contribution in [3.63, 3.8) is 0 Å². The van der Waals surface area contributed by atoms with Crippen molar-refractivity contribution >= 4 is 5.91 Å². The largest absolute Gasteiger partial charge is 0.497 e. The highest BCUT2D eigenvalue weighted by Gasteiger charge is 2.32. The molecule has 1 aliphatic heterocycles. The third-order valence-electron chi connectivity index (χ3n) is 4.99. The summed E-state index contributed by atoms with van der Waals surface area (Å²) >= 11 is 0. The smallest absolute Gasteiger partial charge is 0.258 e. The highest BCUT2D eigenvalue weighted by atomic mass is 16.5. The Kier molecular flexibility index (Phi) is 5.75. The summed E-state index contributed by atoms with van der Waals surface area (Å²) in [5.41, 5.74) is 3.26. The maximum absolute atomic E-state index is 12.3. The van der Waals surface area contributed by atoms with Crippen LogP contribution in [-0.2, 0) is 17.8 Å². The molecule has 3 aromatic rings. The molecule has 0 aliphatic carbocycles. The van der Waals surface area contributed by atoms with Crippen molar-refractivity contribution in [3.8, 4) is 28.5 Å². The van der Waals surface area contributed by atoms with E-state index in [9.17, 15) is 4.79 Å². The van der Waals surface area contributed by atoms with E-state index in [1.54, 1.807) is 7.11 Å². The number of fused-ring (bicyclic) bond motifs is 1. The van der Waals surface area contributed by atoms with Gasteiger partial charge < -0.3 is 19.5 Å². The van der Waals surface area contributed by atoms with Gasteiger partial charge in [-0.1, -0.05) is 12.1 Å². The summed E-state index contributed by atoms with van der Waals surface area (Å²) in [7, 11) is 1.63. The number of benzene rings is 2. The second-order valence-corrected chi connectivity index (χ2v) is 7.97. The van der Waals surface area contributed by atoms with E-state index < -0.39 is 0 Å². The van der Waals surface area contributed by atoms with Crippen molar-refractivity contribution in [2.45, 2.75) is 32.4 Å². The zero-order chi connectivity index (χ0) is 21.8. The average molecular weight is 419 g/mol. The molecule has 2 aromatic carbocycles. The van der Waals surface area contributed by atoms with E-state index in [2.05, 4.69) is 15.3 Å². The van der Waals surface area contributed by atoms with E-state index in [0.29, 0.717) is 11.4 Å². The number of amides is 1. The fraction of sp³-hybridized carbons (Fsp3) is 0.292. The number of carbonyl (C=O) groups is 1. The average Bonchev–Trinajstić information content (AvgIpc) is 3.11. The van der Waals surface area contributed by atoms with E-state index >= 15 is 0 Å². The number of nitrogens with zero attached hydrogens (tertiary/aromatic N) is 2. The predicted octanol–water partition coefficient (Wildman–Crippen LogP) is 3.56. The van der Waals surface area contributed by atoms with Crippen LogP contribution < -0.4 is 19.5 Å². The van der Waals surface area contributed by atoms with Gasteiger partial charge >= 0.3 is 0 Å². The Bertz CT molecular complexity index is 1080. The molecule has 7 nitrogen and oxygen atoms in total. The van der Waals surface area contributed by atoms with Gasteiger partial charge in [-0.25, -0.2) is 9.97 Å². The first kappa shape index (κ1) is 20.7. The number of hydrogen-bond acceptors (Lipinski definition) is 6. The summed E-state index contributed by atoms with van der Waals surface area (Å²) < 4.78 is 16.9. The van der Waals surface area contributed by atoms with Crippen molar-refractivity contribution < 1.29 is 19.0 Å². The van der Waals surface area contributed by atoms with Crippen LogP contribution in [0.5, 0.6) is 17.2 Å². The molecule has 0 fully saturated rings. The van der Waals surface area contributed by atoms with Crippen LogP contribution in [0.4, 0.5) is 0 Å². The molecule has 1 aromatic heterocycles. The van der Waals surface area contributed by atoms with Crippen LogP contribution in [-0.4, -0.2) is 35.2 Å². The van der Waals surface area contributed by atoms with Crippen molar-refractivity contribution in [3.05, 3.63) is 66.1 Å². The van der Waals surface area contributed by atoms with Gasteiger partial charge in [0.05, 0.1) is 25.0 Å². The van der Waals surface area contributed by atoms with Gasteiger partial charge in [-0.15, -0.1) is 0 Å². The van der Waals surface area contributed by atoms with Gasteiger partial charge in [-0.3, -0.25) is 4.79 Å². The molecule has 0 atom stereocenters. The van der Waals surface area contributed by atoms with Gasteiger partial charge in [0.2, 0.25) is 0 Å². The van der Waals surface area contributed by atoms with Crippen LogP contribution in [0.25, 0.3) is 11.3 Å². The van der Waals surface area contributed by atoms with Gasteiger partial charge in [-0.05, 0) is 50.2 Å². The minimum Gasteiger partial charge on any atom is -0.497 e. The predicted molar refractivity (Wildman–Crippen MR) is 116 cm³/mol. The van der Waals surface area contributed by atoms with Crippen LogP contribution in [0.2, 0.25) is 0 Å². The fourth-order valence-electron chi connectivity index (χ4n) is 3.50. The number of ether oxygens (including phenoxy) is 3. The molecular weight excluding hydrogens is 394 g/mol. The Balaban J connectivity index is 1.33. The van der Waals surface area contributed by atoms with Crippen molar-refractivity contribution in [1.82, 2.24) is 15.3 Å². The Morgan fingerprint density at radius 1 is 1.16 bits per heavy atom. The highest BCUT2D eigenvalue weighted by molar-refractivity contribution is 5.77. The summed E-state index contributed by atoms with van der Waals surface area (Å²) in [5.74, 6) is 1.85. The molecule has 1 amide bonds. The lowest BCUT2D eigenvalue weighted by atomic mass is 10.0. The molecule has 7 heteroatoms. The normalized spacial score (nSPS) is 13.8. The van der Waals surface area contributed by atoms with Crippen LogP contribution in [0.1, 0.15) is 25.1 Å². The summed E-state index contributed by atoms with van der Waals surface area (Å²) in [6.45, 7) is 4.25. The summed E-state index contributed by atoms with van der Waals surface area (Å²) in [6.07, 6.45) is 2.31. The Labute approximate surface area is 181 Å². The lowest BCUT2D eigenvalue weighted by Crippen LogP contribution is -2.29. The van der Waals surface area contributed by atoms with Crippen molar-refractivity contribution in [2.75, 3.05) is 13.7 Å². The highest BCUT2D eigenvalue weighted by Crippen LogP contribution is 2.41. The van der Waals surface area contributed by atoms with Crippen molar-refractivity contribution in [2.24, 2.45) is 0 Å². The SMILES string of the molecule is COc1ccc(-c2cc(CNC(=O)COc3cccc4c3OC(C)(C)C4)ncn2)cc1. The second-order valence-electron chi connectivity index (χ2n) is 7.97. The molecule has 0 saturated heterocycles. The molecule has 0 radical (unpaired) electrons. The molecule has 160 valence electrons. The number of para-hydroxylation sites is 1. The summed E-state index contributed by atoms with van der Waals surface area (Å²) in [6, 6.07) is 15.2. The summed E-state index contributed by atoms with van der Waals surface area (Å²) in [5, 5.41) is 2.84. The fourth-order valence-corrected chi connectivity index (χ4v) is 3.50. The molecule has 4 rings (SSSR count). The standard InChI is InChI=1S/C24H25N3O4/c1-24(2)12-17-5-4-6-21(23(17)31-24)30-14-22(28)25-13-18-11-20(27-15-26-18)16-7-9-19(29-3)10-8-16/h4-11,15H,12-14H2,1-3H3,(H,25,28). The zero-order valence-corrected chi connectivity index (χ0v) is 17.8. The molecule has 1 N–H and O–H groups in total. The lowest BCUT2D eigenvalue weighted by molar-refractivity contribution is -0.123. The van der Waals surface area contributed by atoms with Crippen LogP contribution >= 0.6 is 0 Å². The Morgan fingerprint density at radius 2 is 1.97 bits per heavy atom. The molecule has 2 heterocycles. The first-order valence-corrected chi connectivity index (χ1v) is 10.1. The molecule has 0 spiro atoms. The van der Waals surface area contributed by atoms with Gasteiger partial charge in [0.25, 0.3) is 5.91 Å². The van der Waals surface area contributed by atoms with E-state index in [1.165, 1.54) is 6.33 Å². The lowest BCUT2D eigenvalue weighted by Gasteiger charge is -2.18. The second kappa shape index (κ2) is 8.63. The number of nitrogens with one attached hydrogen (secondary N) is 1. The molecule has 0 unspecified atom stereocenters. The maximum atomic E-state index is 12.3. The number of rotatable bonds is 7. The molecule has 0 bridgehead atoms. The van der Waals surface area contributed by atoms with Gasteiger partial charge in [0.15, 0.2) is 18.1 Å². The first-order valence-electron chi connectivity index (χ1n) is 10.1. The van der Waals surface area contributed by atoms with Crippen molar-refractivity contribution in [1.29, 1.82) is 0 Å². The minimum atomic E-state index is -0.265. The number of methoxy groups -OCH3 is 1. The zero-order valence-electron chi connectivity index (χ0n) is 17.8. The monoisotopic (exact) mass is 419 g/mol. The third-order valence-corrected chi connectivity index (χ3v) is 4.99. The molecule has 1 aliphatic rings. The topological polar surface area (TPSA) is 82.6 Å². The van der Waals surface area contributed by atoms with Gasteiger partial charge in [-0.2, -0.15) is 0 Å². The Morgan fingerprint density at radius 3 is 2.74 bits per heavy atom. The van der Waals surface area contributed by atoms with Crippen LogP contribution in [0, 0.1) is 0 Å². The first-order chi connectivity index (χ1) is 14.9. The third kappa shape index (κ3) is 4.94. The van der Waals surface area contributed by atoms with E-state index in [-0.39, 0.29) is 24.7 Å². The van der Waals surface area contributed by atoms with Crippen LogP contribution in [0.15, 0.2) is 54.9 Å². The van der Waals surface area contributed by atoms with E-state index in [1.807, 2.05) is 62.4 Å². The van der Waals surface area contributed by atoms with Gasteiger partial charge in [0.1, 0.15) is 17.7 Å². The number of hydrogen-bond donors (Lipinski definition) is 1. The molecule has 0 saturated carbocycles. The number of aromatic nitrogens is 2. The molecular formula is C24H25N3O4. The van der Waals surface area contributed by atoms with Gasteiger partial charge in [0, 0.05) is 17.5 Å². The Hall–Kier alpha value is -3.61. The molecule has 31 heavy (non-hydrogen) atoms. The van der Waals surface area contributed by atoms with E-state index in [4.69, 9.17) is 14.2 Å². The van der Waals surface area contributed by atoms with Crippen LogP contribution in [0.3, 0.4) is 0 Å². The minimum absolute atomic E-state index is 0.101. The van der Waals surface area contributed by atoms with E-state index in [0.717, 1.165) is 34.7 Å². The number of carbonyl (C=O) groups excluding carboxylic acids is 1. The summed E-state index contributed by atoms with van der Waals surface area (Å²) in [4.78, 5) is 20.9. The quantitative estimate of drug-likeness (QED) is 0.631.